The van der Waals surface area contributed by atoms with E-state index < -0.39 is 5.97 Å². The summed E-state index contributed by atoms with van der Waals surface area (Å²) in [7, 11) is 0. The van der Waals surface area contributed by atoms with Gasteiger partial charge < -0.3 is 10.4 Å². The van der Waals surface area contributed by atoms with Gasteiger partial charge in [0.2, 0.25) is 0 Å². The zero-order valence-electron chi connectivity index (χ0n) is 8.67. The van der Waals surface area contributed by atoms with E-state index in [9.17, 15) is 9.18 Å². The summed E-state index contributed by atoms with van der Waals surface area (Å²) < 4.78 is 14.0. The van der Waals surface area contributed by atoms with E-state index in [-0.39, 0.29) is 12.2 Å². The molecule has 0 atom stereocenters. The molecule has 0 aliphatic heterocycles. The highest BCUT2D eigenvalue weighted by molar-refractivity contribution is 9.10. The van der Waals surface area contributed by atoms with Crippen molar-refractivity contribution in [1.29, 1.82) is 0 Å². The topological polar surface area (TPSA) is 49.3 Å². The molecule has 1 aromatic rings. The molecule has 0 aromatic heterocycles. The maximum absolute atomic E-state index is 13.3. The second kappa shape index (κ2) is 6.48. The monoisotopic (exact) mass is 289 g/mol. The van der Waals surface area contributed by atoms with Crippen molar-refractivity contribution in [2.75, 3.05) is 11.9 Å². The Hall–Kier alpha value is -1.10. The van der Waals surface area contributed by atoms with Crippen LogP contribution in [0.3, 0.4) is 0 Å². The van der Waals surface area contributed by atoms with Crippen LogP contribution in [0.15, 0.2) is 22.7 Å². The number of unbranched alkanes of at least 4 members (excludes halogenated alkanes) is 1. The SMILES string of the molecule is O=C(O)CCCCNc1ccc(Br)cc1F. The molecule has 0 fully saturated rings. The Kier molecular flexibility index (Phi) is 5.25. The molecule has 5 heteroatoms. The molecule has 16 heavy (non-hydrogen) atoms. The number of halogens is 2. The molecule has 0 heterocycles. The quantitative estimate of drug-likeness (QED) is 0.791. The first-order valence-electron chi connectivity index (χ1n) is 5.00. The third-order valence-corrected chi connectivity index (χ3v) is 2.56. The van der Waals surface area contributed by atoms with E-state index in [4.69, 9.17) is 5.11 Å². The lowest BCUT2D eigenvalue weighted by atomic mass is 10.2. The van der Waals surface area contributed by atoms with E-state index in [1.165, 1.54) is 6.07 Å². The second-order valence-electron chi connectivity index (χ2n) is 3.40. The number of carboxylic acid groups (broad SMARTS) is 1. The van der Waals surface area contributed by atoms with Crippen molar-refractivity contribution < 1.29 is 14.3 Å². The Morgan fingerprint density at radius 3 is 2.81 bits per heavy atom. The standard InChI is InChI=1S/C11H13BrFNO2/c12-8-4-5-10(9(13)7-8)14-6-2-1-3-11(15)16/h4-5,7,14H,1-3,6H2,(H,15,16). The van der Waals surface area contributed by atoms with Gasteiger partial charge in [0.25, 0.3) is 0 Å². The van der Waals surface area contributed by atoms with Gasteiger partial charge in [-0.2, -0.15) is 0 Å². The maximum Gasteiger partial charge on any atom is 0.303 e. The van der Waals surface area contributed by atoms with Crippen LogP contribution in [0.2, 0.25) is 0 Å². The van der Waals surface area contributed by atoms with E-state index in [0.29, 0.717) is 29.5 Å². The zero-order chi connectivity index (χ0) is 12.0. The molecule has 2 N–H and O–H groups in total. The first-order valence-corrected chi connectivity index (χ1v) is 5.79. The fourth-order valence-corrected chi connectivity index (χ4v) is 1.59. The molecule has 0 radical (unpaired) electrons. The van der Waals surface area contributed by atoms with E-state index in [1.807, 2.05) is 0 Å². The molecule has 0 amide bonds. The van der Waals surface area contributed by atoms with E-state index in [1.54, 1.807) is 12.1 Å². The number of anilines is 1. The normalized spacial score (nSPS) is 10.1. The Morgan fingerprint density at radius 2 is 2.19 bits per heavy atom. The highest BCUT2D eigenvalue weighted by Crippen LogP contribution is 2.19. The van der Waals surface area contributed by atoms with Crippen molar-refractivity contribution in [3.63, 3.8) is 0 Å². The first-order chi connectivity index (χ1) is 7.59. The molecular formula is C11H13BrFNO2. The van der Waals surface area contributed by atoms with Crippen LogP contribution < -0.4 is 5.32 Å². The van der Waals surface area contributed by atoms with Gasteiger partial charge in [-0.25, -0.2) is 4.39 Å². The van der Waals surface area contributed by atoms with E-state index >= 15 is 0 Å². The van der Waals surface area contributed by atoms with Crippen LogP contribution in [-0.2, 0) is 4.79 Å². The van der Waals surface area contributed by atoms with Gasteiger partial charge >= 0.3 is 5.97 Å². The van der Waals surface area contributed by atoms with Crippen molar-refractivity contribution in [2.24, 2.45) is 0 Å². The van der Waals surface area contributed by atoms with Crippen LogP contribution in [-0.4, -0.2) is 17.6 Å². The number of nitrogens with one attached hydrogen (secondary N) is 1. The van der Waals surface area contributed by atoms with Gasteiger partial charge in [-0.1, -0.05) is 15.9 Å². The van der Waals surface area contributed by atoms with Gasteiger partial charge in [0.05, 0.1) is 5.69 Å². The number of benzene rings is 1. The summed E-state index contributed by atoms with van der Waals surface area (Å²) in [4.78, 5) is 10.2. The van der Waals surface area contributed by atoms with E-state index in [2.05, 4.69) is 21.2 Å². The predicted molar refractivity (Wildman–Crippen MR) is 64.1 cm³/mol. The molecule has 0 aliphatic rings. The summed E-state index contributed by atoms with van der Waals surface area (Å²) in [5, 5.41) is 11.3. The molecule has 3 nitrogen and oxygen atoms in total. The largest absolute Gasteiger partial charge is 0.481 e. The van der Waals surface area contributed by atoms with Crippen molar-refractivity contribution in [1.82, 2.24) is 0 Å². The van der Waals surface area contributed by atoms with E-state index in [0.717, 1.165) is 0 Å². The third-order valence-electron chi connectivity index (χ3n) is 2.06. The average Bonchev–Trinajstić information content (AvgIpc) is 2.20. The summed E-state index contributed by atoms with van der Waals surface area (Å²) in [6.07, 6.45) is 1.47. The predicted octanol–water partition coefficient (Wildman–Crippen LogP) is 3.26. The zero-order valence-corrected chi connectivity index (χ0v) is 10.3. The van der Waals surface area contributed by atoms with Crippen molar-refractivity contribution in [3.05, 3.63) is 28.5 Å². The van der Waals surface area contributed by atoms with Gasteiger partial charge in [-0.05, 0) is 31.0 Å². The molecular weight excluding hydrogens is 277 g/mol. The lowest BCUT2D eigenvalue weighted by Crippen LogP contribution is -2.04. The highest BCUT2D eigenvalue weighted by Gasteiger charge is 2.02. The van der Waals surface area contributed by atoms with Gasteiger partial charge in [0.15, 0.2) is 0 Å². The summed E-state index contributed by atoms with van der Waals surface area (Å²) in [5.41, 5.74) is 0.443. The fraction of sp³-hybridized carbons (Fsp3) is 0.364. The summed E-state index contributed by atoms with van der Waals surface area (Å²) in [5.74, 6) is -1.11. The van der Waals surface area contributed by atoms with Crippen LogP contribution in [0.1, 0.15) is 19.3 Å². The number of hydrogen-bond acceptors (Lipinski definition) is 2. The Labute approximate surface area is 102 Å². The molecule has 0 spiro atoms. The minimum atomic E-state index is -0.796. The number of carbonyl (C=O) groups is 1. The Morgan fingerprint density at radius 1 is 1.44 bits per heavy atom. The number of aliphatic carboxylic acids is 1. The lowest BCUT2D eigenvalue weighted by molar-refractivity contribution is -0.137. The van der Waals surface area contributed by atoms with Crippen molar-refractivity contribution >= 4 is 27.6 Å². The Bertz CT molecular complexity index is 371. The van der Waals surface area contributed by atoms with Crippen LogP contribution in [0.5, 0.6) is 0 Å². The maximum atomic E-state index is 13.3. The van der Waals surface area contributed by atoms with Gasteiger partial charge in [0.1, 0.15) is 5.82 Å². The molecule has 0 saturated heterocycles. The minimum absolute atomic E-state index is 0.157. The van der Waals surface area contributed by atoms with Crippen molar-refractivity contribution in [2.45, 2.75) is 19.3 Å². The molecule has 0 aliphatic carbocycles. The number of hydrogen-bond donors (Lipinski definition) is 2. The fourth-order valence-electron chi connectivity index (χ4n) is 1.26. The molecule has 88 valence electrons. The Balaban J connectivity index is 2.29. The third kappa shape index (κ3) is 4.61. The summed E-state index contributed by atoms with van der Waals surface area (Å²) in [6.45, 7) is 0.575. The summed E-state index contributed by atoms with van der Waals surface area (Å²) in [6, 6.07) is 4.79. The van der Waals surface area contributed by atoms with Gasteiger partial charge in [-0.15, -0.1) is 0 Å². The second-order valence-corrected chi connectivity index (χ2v) is 4.32. The lowest BCUT2D eigenvalue weighted by Gasteiger charge is -2.07. The van der Waals surface area contributed by atoms with Crippen LogP contribution in [0.25, 0.3) is 0 Å². The van der Waals surface area contributed by atoms with Gasteiger partial charge in [0, 0.05) is 17.4 Å². The van der Waals surface area contributed by atoms with Crippen LogP contribution in [0.4, 0.5) is 10.1 Å². The van der Waals surface area contributed by atoms with Gasteiger partial charge in [-0.3, -0.25) is 4.79 Å². The van der Waals surface area contributed by atoms with Crippen LogP contribution in [0, 0.1) is 5.82 Å². The summed E-state index contributed by atoms with van der Waals surface area (Å²) >= 11 is 3.17. The molecule has 1 aromatic carbocycles. The number of rotatable bonds is 6. The average molecular weight is 290 g/mol. The first kappa shape index (κ1) is 13.0. The minimum Gasteiger partial charge on any atom is -0.481 e. The molecule has 1 rings (SSSR count). The highest BCUT2D eigenvalue weighted by atomic mass is 79.9. The van der Waals surface area contributed by atoms with Crippen molar-refractivity contribution in [3.8, 4) is 0 Å². The number of carboxylic acids is 1. The van der Waals surface area contributed by atoms with Crippen LogP contribution >= 0.6 is 15.9 Å². The molecule has 0 unspecified atom stereocenters. The molecule has 0 saturated carbocycles. The smallest absolute Gasteiger partial charge is 0.303 e. The molecule has 0 bridgehead atoms.